The van der Waals surface area contributed by atoms with E-state index < -0.39 is 10.0 Å². The van der Waals surface area contributed by atoms with Crippen LogP contribution in [0.15, 0.2) is 29.2 Å². The highest BCUT2D eigenvalue weighted by Crippen LogP contribution is 2.34. The van der Waals surface area contributed by atoms with Gasteiger partial charge in [-0.05, 0) is 18.4 Å². The predicted molar refractivity (Wildman–Crippen MR) is 82.4 cm³/mol. The van der Waals surface area contributed by atoms with Gasteiger partial charge in [-0.3, -0.25) is 0 Å². The molecule has 6 heteroatoms. The fraction of sp³-hybridized carbons (Fsp3) is 0.429. The number of rotatable bonds is 6. The SMILES string of the molecule is CC(C)CCNS(=O)(=O)c1c(CO)sc2ccccc12. The summed E-state index contributed by atoms with van der Waals surface area (Å²) in [6.45, 7) is 4.25. The van der Waals surface area contributed by atoms with Gasteiger partial charge in [-0.2, -0.15) is 0 Å². The third kappa shape index (κ3) is 3.20. The van der Waals surface area contributed by atoms with Gasteiger partial charge in [-0.15, -0.1) is 11.3 Å². The minimum Gasteiger partial charge on any atom is -0.391 e. The zero-order valence-electron chi connectivity index (χ0n) is 11.6. The van der Waals surface area contributed by atoms with Gasteiger partial charge in [0.05, 0.1) is 11.5 Å². The van der Waals surface area contributed by atoms with Crippen molar-refractivity contribution in [1.29, 1.82) is 0 Å². The molecule has 2 rings (SSSR count). The number of thiophene rings is 1. The summed E-state index contributed by atoms with van der Waals surface area (Å²) in [5, 5.41) is 10.1. The number of aliphatic hydroxyl groups is 1. The first kappa shape index (κ1) is 15.4. The molecule has 20 heavy (non-hydrogen) atoms. The molecule has 0 amide bonds. The molecule has 0 aliphatic heterocycles. The van der Waals surface area contributed by atoms with Crippen LogP contribution in [-0.4, -0.2) is 20.1 Å². The summed E-state index contributed by atoms with van der Waals surface area (Å²) in [4.78, 5) is 0.715. The van der Waals surface area contributed by atoms with Gasteiger partial charge in [-0.25, -0.2) is 13.1 Å². The van der Waals surface area contributed by atoms with E-state index in [1.165, 1.54) is 11.3 Å². The molecular weight excluding hydrogens is 294 g/mol. The molecule has 0 atom stereocenters. The maximum absolute atomic E-state index is 12.5. The Bertz CT molecular complexity index is 690. The van der Waals surface area contributed by atoms with Crippen molar-refractivity contribution in [2.24, 2.45) is 5.92 Å². The lowest BCUT2D eigenvalue weighted by atomic mass is 10.1. The number of benzene rings is 1. The molecule has 0 fully saturated rings. The molecule has 0 bridgehead atoms. The molecule has 0 unspecified atom stereocenters. The average Bonchev–Trinajstić information content (AvgIpc) is 2.77. The molecule has 1 aromatic carbocycles. The lowest BCUT2D eigenvalue weighted by molar-refractivity contribution is 0.283. The van der Waals surface area contributed by atoms with E-state index in [2.05, 4.69) is 4.72 Å². The zero-order valence-corrected chi connectivity index (χ0v) is 13.2. The van der Waals surface area contributed by atoms with Crippen molar-refractivity contribution in [1.82, 2.24) is 4.72 Å². The van der Waals surface area contributed by atoms with Crippen LogP contribution in [0.2, 0.25) is 0 Å². The van der Waals surface area contributed by atoms with Crippen LogP contribution in [0, 0.1) is 5.92 Å². The van der Waals surface area contributed by atoms with Crippen LogP contribution in [-0.2, 0) is 16.6 Å². The van der Waals surface area contributed by atoms with E-state index in [4.69, 9.17) is 0 Å². The summed E-state index contributed by atoms with van der Waals surface area (Å²) in [6, 6.07) is 7.32. The Morgan fingerprint density at radius 1 is 1.30 bits per heavy atom. The summed E-state index contributed by atoms with van der Waals surface area (Å²) < 4.78 is 28.4. The van der Waals surface area contributed by atoms with Gasteiger partial charge in [0.15, 0.2) is 0 Å². The van der Waals surface area contributed by atoms with Crippen LogP contribution in [0.25, 0.3) is 10.1 Å². The van der Waals surface area contributed by atoms with E-state index >= 15 is 0 Å². The number of sulfonamides is 1. The number of fused-ring (bicyclic) bond motifs is 1. The minimum absolute atomic E-state index is 0.226. The molecule has 0 saturated carbocycles. The minimum atomic E-state index is -3.58. The molecule has 2 N–H and O–H groups in total. The van der Waals surface area contributed by atoms with Gasteiger partial charge in [0.2, 0.25) is 10.0 Å². The number of nitrogens with one attached hydrogen (secondary N) is 1. The van der Waals surface area contributed by atoms with Gasteiger partial charge >= 0.3 is 0 Å². The Kier molecular flexibility index (Phi) is 4.80. The first-order valence-electron chi connectivity index (χ1n) is 6.56. The summed E-state index contributed by atoms with van der Waals surface area (Å²) >= 11 is 1.32. The van der Waals surface area contributed by atoms with Gasteiger partial charge in [-0.1, -0.05) is 32.0 Å². The molecule has 2 aromatic rings. The quantitative estimate of drug-likeness (QED) is 0.861. The lowest BCUT2D eigenvalue weighted by Crippen LogP contribution is -2.26. The first-order valence-corrected chi connectivity index (χ1v) is 8.86. The smallest absolute Gasteiger partial charge is 0.242 e. The monoisotopic (exact) mass is 313 g/mol. The summed E-state index contributed by atoms with van der Waals surface area (Å²) in [7, 11) is -3.58. The highest BCUT2D eigenvalue weighted by Gasteiger charge is 2.23. The second-order valence-corrected chi connectivity index (χ2v) is 7.93. The molecule has 0 spiro atoms. The van der Waals surface area contributed by atoms with Crippen LogP contribution >= 0.6 is 11.3 Å². The molecule has 1 aromatic heterocycles. The van der Waals surface area contributed by atoms with Crippen molar-refractivity contribution < 1.29 is 13.5 Å². The normalized spacial score (nSPS) is 12.4. The molecule has 0 aliphatic rings. The second-order valence-electron chi connectivity index (χ2n) is 5.09. The van der Waals surface area contributed by atoms with E-state index in [0.717, 1.165) is 11.1 Å². The third-order valence-corrected chi connectivity index (χ3v) is 5.92. The second kappa shape index (κ2) is 6.22. The Morgan fingerprint density at radius 2 is 2.00 bits per heavy atom. The maximum Gasteiger partial charge on any atom is 0.242 e. The fourth-order valence-electron chi connectivity index (χ4n) is 2.03. The van der Waals surface area contributed by atoms with Gasteiger partial charge in [0.25, 0.3) is 0 Å². The topological polar surface area (TPSA) is 66.4 Å². The number of aliphatic hydroxyl groups excluding tert-OH is 1. The van der Waals surface area contributed by atoms with Crippen LogP contribution in [0.3, 0.4) is 0 Å². The Morgan fingerprint density at radius 3 is 2.65 bits per heavy atom. The van der Waals surface area contributed by atoms with Crippen LogP contribution in [0.4, 0.5) is 0 Å². The van der Waals surface area contributed by atoms with E-state index in [1.54, 1.807) is 6.07 Å². The first-order chi connectivity index (χ1) is 9.45. The van der Waals surface area contributed by atoms with E-state index in [9.17, 15) is 13.5 Å². The summed E-state index contributed by atoms with van der Waals surface area (Å²) in [5.74, 6) is 0.439. The molecular formula is C14H19NO3S2. The molecule has 0 aliphatic carbocycles. The molecule has 0 saturated heterocycles. The van der Waals surface area contributed by atoms with Crippen LogP contribution < -0.4 is 4.72 Å². The summed E-state index contributed by atoms with van der Waals surface area (Å²) in [6.07, 6.45) is 0.787. The Balaban J connectivity index is 2.40. The number of hydrogen-bond donors (Lipinski definition) is 2. The number of hydrogen-bond acceptors (Lipinski definition) is 4. The van der Waals surface area contributed by atoms with Crippen molar-refractivity contribution in [3.8, 4) is 0 Å². The van der Waals surface area contributed by atoms with Crippen molar-refractivity contribution in [2.45, 2.75) is 31.8 Å². The Hall–Kier alpha value is -0.950. The van der Waals surface area contributed by atoms with Gasteiger partial charge in [0.1, 0.15) is 4.90 Å². The third-order valence-electron chi connectivity index (χ3n) is 3.04. The highest BCUT2D eigenvalue weighted by atomic mass is 32.2. The Labute approximate surface area is 123 Å². The summed E-state index contributed by atoms with van der Waals surface area (Å²) in [5.41, 5.74) is 0. The largest absolute Gasteiger partial charge is 0.391 e. The standard InChI is InChI=1S/C14H19NO3S2/c1-10(2)7-8-15-20(17,18)14-11-5-3-4-6-12(11)19-13(14)9-16/h3-6,10,15-16H,7-9H2,1-2H3. The molecule has 110 valence electrons. The van der Waals surface area contributed by atoms with Gasteiger partial charge < -0.3 is 5.11 Å². The van der Waals surface area contributed by atoms with Crippen molar-refractivity contribution >= 4 is 31.4 Å². The highest BCUT2D eigenvalue weighted by molar-refractivity contribution is 7.90. The van der Waals surface area contributed by atoms with E-state index in [0.29, 0.717) is 22.7 Å². The lowest BCUT2D eigenvalue weighted by Gasteiger charge is -2.09. The van der Waals surface area contributed by atoms with Crippen molar-refractivity contribution in [3.05, 3.63) is 29.1 Å². The predicted octanol–water partition coefficient (Wildman–Crippen LogP) is 2.72. The van der Waals surface area contributed by atoms with Gasteiger partial charge in [0, 0.05) is 16.6 Å². The fourth-order valence-corrected chi connectivity index (χ4v) is 4.87. The molecule has 4 nitrogen and oxygen atoms in total. The average molecular weight is 313 g/mol. The zero-order chi connectivity index (χ0) is 14.8. The van der Waals surface area contributed by atoms with Crippen LogP contribution in [0.5, 0.6) is 0 Å². The molecule has 0 radical (unpaired) electrons. The van der Waals surface area contributed by atoms with E-state index in [1.807, 2.05) is 32.0 Å². The van der Waals surface area contributed by atoms with E-state index in [-0.39, 0.29) is 11.5 Å². The molecule has 1 heterocycles. The van der Waals surface area contributed by atoms with Crippen LogP contribution in [0.1, 0.15) is 25.1 Å². The van der Waals surface area contributed by atoms with Crippen molar-refractivity contribution in [2.75, 3.05) is 6.54 Å². The maximum atomic E-state index is 12.5. The van der Waals surface area contributed by atoms with Crippen molar-refractivity contribution in [3.63, 3.8) is 0 Å².